The first-order chi connectivity index (χ1) is 9.58. The highest BCUT2D eigenvalue weighted by Crippen LogP contribution is 2.34. The second-order valence-corrected chi connectivity index (χ2v) is 5.96. The van der Waals surface area contributed by atoms with E-state index >= 15 is 0 Å². The van der Waals surface area contributed by atoms with Crippen molar-refractivity contribution in [1.29, 1.82) is 0 Å². The molecule has 1 fully saturated rings. The van der Waals surface area contributed by atoms with Crippen LogP contribution in [0.4, 0.5) is 0 Å². The van der Waals surface area contributed by atoms with E-state index in [0.717, 1.165) is 23.7 Å². The van der Waals surface area contributed by atoms with E-state index in [4.69, 9.17) is 0 Å². The summed E-state index contributed by atoms with van der Waals surface area (Å²) >= 11 is 0. The lowest BCUT2D eigenvalue weighted by Crippen LogP contribution is -2.41. The van der Waals surface area contributed by atoms with E-state index in [9.17, 15) is 9.90 Å². The standard InChI is InChI=1S/C17H19NO2/c1-12-6-8-17(20,9-7-12)16(19)14-10-13-4-2-3-5-15(13)18-11-14/h2-5,10-12,20H,6-9H2,1H3. The molecule has 0 radical (unpaired) electrons. The molecule has 0 atom stereocenters. The molecule has 0 amide bonds. The Morgan fingerprint density at radius 3 is 2.75 bits per heavy atom. The number of carbonyl (C=O) groups is 1. The number of benzene rings is 1. The predicted molar refractivity (Wildman–Crippen MR) is 78.7 cm³/mol. The third-order valence-corrected chi connectivity index (χ3v) is 4.38. The van der Waals surface area contributed by atoms with Crippen LogP contribution >= 0.6 is 0 Å². The minimum atomic E-state index is -1.20. The van der Waals surface area contributed by atoms with Gasteiger partial charge in [-0.1, -0.05) is 25.1 Å². The quantitative estimate of drug-likeness (QED) is 0.850. The molecule has 1 aliphatic rings. The number of hydrogen-bond donors (Lipinski definition) is 1. The molecule has 0 bridgehead atoms. The first-order valence-electron chi connectivity index (χ1n) is 7.20. The van der Waals surface area contributed by atoms with Crippen LogP contribution in [0.25, 0.3) is 10.9 Å². The van der Waals surface area contributed by atoms with Crippen molar-refractivity contribution in [3.8, 4) is 0 Å². The Balaban J connectivity index is 1.92. The van der Waals surface area contributed by atoms with Crippen molar-refractivity contribution >= 4 is 16.7 Å². The molecule has 1 aromatic carbocycles. The van der Waals surface area contributed by atoms with Crippen molar-refractivity contribution in [3.63, 3.8) is 0 Å². The molecule has 1 aliphatic carbocycles. The third kappa shape index (κ3) is 2.34. The van der Waals surface area contributed by atoms with Gasteiger partial charge in [0.2, 0.25) is 0 Å². The van der Waals surface area contributed by atoms with Crippen molar-refractivity contribution in [3.05, 3.63) is 42.1 Å². The number of nitrogens with zero attached hydrogens (tertiary/aromatic N) is 1. The van der Waals surface area contributed by atoms with E-state index in [2.05, 4.69) is 11.9 Å². The Bertz CT molecular complexity index is 642. The Morgan fingerprint density at radius 2 is 2.00 bits per heavy atom. The predicted octanol–water partition coefficient (Wildman–Crippen LogP) is 3.36. The molecule has 2 aromatic rings. The smallest absolute Gasteiger partial charge is 0.195 e. The summed E-state index contributed by atoms with van der Waals surface area (Å²) < 4.78 is 0. The van der Waals surface area contributed by atoms with Crippen molar-refractivity contribution in [2.75, 3.05) is 0 Å². The van der Waals surface area contributed by atoms with Gasteiger partial charge < -0.3 is 5.11 Å². The van der Waals surface area contributed by atoms with Crippen LogP contribution in [0, 0.1) is 5.92 Å². The molecule has 0 spiro atoms. The monoisotopic (exact) mass is 269 g/mol. The Morgan fingerprint density at radius 1 is 1.30 bits per heavy atom. The lowest BCUT2D eigenvalue weighted by molar-refractivity contribution is 0.00425. The fraction of sp³-hybridized carbons (Fsp3) is 0.412. The van der Waals surface area contributed by atoms with Crippen LogP contribution < -0.4 is 0 Å². The maximum atomic E-state index is 12.6. The zero-order chi connectivity index (χ0) is 14.2. The van der Waals surface area contributed by atoms with Crippen molar-refractivity contribution < 1.29 is 9.90 Å². The van der Waals surface area contributed by atoms with Gasteiger partial charge >= 0.3 is 0 Å². The van der Waals surface area contributed by atoms with Gasteiger partial charge in [-0.25, -0.2) is 0 Å². The average molecular weight is 269 g/mol. The maximum Gasteiger partial charge on any atom is 0.195 e. The number of hydrogen-bond acceptors (Lipinski definition) is 3. The number of carbonyl (C=O) groups excluding carboxylic acids is 1. The van der Waals surface area contributed by atoms with Crippen LogP contribution in [-0.2, 0) is 0 Å². The molecule has 0 saturated heterocycles. The van der Waals surface area contributed by atoms with Gasteiger partial charge in [0.1, 0.15) is 5.60 Å². The minimum Gasteiger partial charge on any atom is -0.382 e. The van der Waals surface area contributed by atoms with Crippen LogP contribution in [0.1, 0.15) is 43.0 Å². The van der Waals surface area contributed by atoms with Gasteiger partial charge in [0, 0.05) is 17.1 Å². The van der Waals surface area contributed by atoms with Gasteiger partial charge in [-0.3, -0.25) is 9.78 Å². The summed E-state index contributed by atoms with van der Waals surface area (Å²) in [5, 5.41) is 11.5. The van der Waals surface area contributed by atoms with Gasteiger partial charge in [0.15, 0.2) is 5.78 Å². The topological polar surface area (TPSA) is 50.2 Å². The van der Waals surface area contributed by atoms with Crippen molar-refractivity contribution in [2.24, 2.45) is 5.92 Å². The lowest BCUT2D eigenvalue weighted by atomic mass is 9.76. The number of Topliss-reactive ketones (excluding diaryl/α,β-unsaturated/α-hetero) is 1. The molecular formula is C17H19NO2. The van der Waals surface area contributed by atoms with E-state index in [1.807, 2.05) is 30.3 Å². The fourth-order valence-electron chi connectivity index (χ4n) is 2.93. The van der Waals surface area contributed by atoms with Gasteiger partial charge in [-0.15, -0.1) is 0 Å². The third-order valence-electron chi connectivity index (χ3n) is 4.38. The van der Waals surface area contributed by atoms with Crippen molar-refractivity contribution in [1.82, 2.24) is 4.98 Å². The van der Waals surface area contributed by atoms with Crippen LogP contribution in [0.2, 0.25) is 0 Å². The summed E-state index contributed by atoms with van der Waals surface area (Å²) in [6, 6.07) is 9.54. The molecule has 3 rings (SSSR count). The van der Waals surface area contributed by atoms with Crippen LogP contribution in [0.3, 0.4) is 0 Å². The molecule has 104 valence electrons. The highest BCUT2D eigenvalue weighted by atomic mass is 16.3. The fourth-order valence-corrected chi connectivity index (χ4v) is 2.93. The van der Waals surface area contributed by atoms with Crippen LogP contribution in [-0.4, -0.2) is 21.5 Å². The van der Waals surface area contributed by atoms with E-state index in [1.165, 1.54) is 0 Å². The lowest BCUT2D eigenvalue weighted by Gasteiger charge is -2.33. The molecule has 3 heteroatoms. The van der Waals surface area contributed by atoms with E-state index in [1.54, 1.807) is 6.20 Å². The number of pyridine rings is 1. The Kier molecular flexibility index (Phi) is 3.30. The summed E-state index contributed by atoms with van der Waals surface area (Å²) in [4.78, 5) is 16.9. The molecule has 1 heterocycles. The Labute approximate surface area is 118 Å². The van der Waals surface area contributed by atoms with Crippen LogP contribution in [0.15, 0.2) is 36.5 Å². The number of para-hydroxylation sites is 1. The number of aromatic nitrogens is 1. The number of ketones is 1. The molecule has 3 nitrogen and oxygen atoms in total. The number of aliphatic hydroxyl groups is 1. The summed E-state index contributed by atoms with van der Waals surface area (Å²) in [5.74, 6) is 0.417. The SMILES string of the molecule is CC1CCC(O)(C(=O)c2cnc3ccccc3c2)CC1. The average Bonchev–Trinajstić information content (AvgIpc) is 2.49. The molecule has 20 heavy (non-hydrogen) atoms. The van der Waals surface area contributed by atoms with Crippen molar-refractivity contribution in [2.45, 2.75) is 38.2 Å². The first-order valence-corrected chi connectivity index (χ1v) is 7.20. The summed E-state index contributed by atoms with van der Waals surface area (Å²) in [5.41, 5.74) is 0.186. The highest BCUT2D eigenvalue weighted by molar-refractivity contribution is 6.04. The number of fused-ring (bicyclic) bond motifs is 1. The minimum absolute atomic E-state index is 0.178. The second-order valence-electron chi connectivity index (χ2n) is 5.96. The zero-order valence-electron chi connectivity index (χ0n) is 11.7. The van der Waals surface area contributed by atoms with Gasteiger partial charge in [0.05, 0.1) is 5.52 Å². The Hall–Kier alpha value is -1.74. The molecule has 0 aliphatic heterocycles. The van der Waals surface area contributed by atoms with E-state index < -0.39 is 5.60 Å². The van der Waals surface area contributed by atoms with E-state index in [-0.39, 0.29) is 5.78 Å². The molecule has 1 saturated carbocycles. The summed E-state index contributed by atoms with van der Waals surface area (Å²) in [6.45, 7) is 2.17. The van der Waals surface area contributed by atoms with Gasteiger partial charge in [-0.2, -0.15) is 0 Å². The second kappa shape index (κ2) is 4.98. The van der Waals surface area contributed by atoms with E-state index in [0.29, 0.717) is 24.3 Å². The molecular weight excluding hydrogens is 250 g/mol. The summed E-state index contributed by atoms with van der Waals surface area (Å²) in [6.07, 6.45) is 4.51. The normalized spacial score (nSPS) is 26.6. The number of rotatable bonds is 2. The maximum absolute atomic E-state index is 12.6. The molecule has 0 unspecified atom stereocenters. The summed E-state index contributed by atoms with van der Waals surface area (Å²) in [7, 11) is 0. The van der Waals surface area contributed by atoms with Crippen LogP contribution in [0.5, 0.6) is 0 Å². The highest BCUT2D eigenvalue weighted by Gasteiger charge is 2.39. The first kappa shape index (κ1) is 13.3. The van der Waals surface area contributed by atoms with Gasteiger partial charge in [-0.05, 0) is 43.7 Å². The largest absolute Gasteiger partial charge is 0.382 e. The van der Waals surface area contributed by atoms with Gasteiger partial charge in [0.25, 0.3) is 0 Å². The molecule has 1 aromatic heterocycles. The molecule has 1 N–H and O–H groups in total. The zero-order valence-corrected chi connectivity index (χ0v) is 11.7.